The molecule has 0 bridgehead atoms. The molecule has 1 unspecified atom stereocenters. The summed E-state index contributed by atoms with van der Waals surface area (Å²) in [6.45, 7) is 8.56. The van der Waals surface area contributed by atoms with Crippen molar-refractivity contribution in [3.05, 3.63) is 12.2 Å². The van der Waals surface area contributed by atoms with Crippen molar-refractivity contribution in [1.29, 1.82) is 0 Å². The van der Waals surface area contributed by atoms with Crippen LogP contribution in [0.15, 0.2) is 12.2 Å². The minimum Gasteiger partial charge on any atom is -0.332 e. The molecule has 0 fully saturated rings. The molecule has 2 N–H and O–H groups in total. The summed E-state index contributed by atoms with van der Waals surface area (Å²) in [4.78, 5) is 10.1. The highest BCUT2D eigenvalue weighted by atomic mass is 32.2. The van der Waals surface area contributed by atoms with E-state index >= 15 is 0 Å². The van der Waals surface area contributed by atoms with Crippen LogP contribution in [0.3, 0.4) is 0 Å². The van der Waals surface area contributed by atoms with Crippen molar-refractivity contribution in [3.8, 4) is 0 Å². The molecule has 25 heavy (non-hydrogen) atoms. The van der Waals surface area contributed by atoms with Gasteiger partial charge in [0.15, 0.2) is 4.87 Å². The van der Waals surface area contributed by atoms with Gasteiger partial charge in [0, 0.05) is 5.57 Å². The number of hydrogen-bond acceptors (Lipinski definition) is 3. The maximum atomic E-state index is 11.7. The Balaban J connectivity index is 4.01. The first kappa shape index (κ1) is 24.1. The van der Waals surface area contributed by atoms with Crippen molar-refractivity contribution < 1.29 is 17.8 Å². The average Bonchev–Trinajstić information content (AvgIpc) is 2.51. The van der Waals surface area contributed by atoms with Gasteiger partial charge in [0.1, 0.15) is 0 Å². The van der Waals surface area contributed by atoms with Gasteiger partial charge in [-0.15, -0.1) is 0 Å². The third-order valence-electron chi connectivity index (χ3n) is 4.59. The number of nitrogens with one attached hydrogen (secondary N) is 1. The van der Waals surface area contributed by atoms with Gasteiger partial charge in [0.05, 0.1) is 0 Å². The van der Waals surface area contributed by atoms with E-state index in [4.69, 9.17) is 0 Å². The minimum absolute atomic E-state index is 0.196. The van der Waals surface area contributed by atoms with E-state index in [-0.39, 0.29) is 12.0 Å². The lowest BCUT2D eigenvalue weighted by atomic mass is 10.0. The third-order valence-corrected chi connectivity index (χ3v) is 6.04. The van der Waals surface area contributed by atoms with Crippen molar-refractivity contribution in [2.45, 2.75) is 103 Å². The summed E-state index contributed by atoms with van der Waals surface area (Å²) in [7, 11) is -4.38. The highest BCUT2D eigenvalue weighted by molar-refractivity contribution is 7.87. The normalized spacial score (nSPS) is 14.1. The molecule has 6 heteroatoms. The summed E-state index contributed by atoms with van der Waals surface area (Å²) in [5.74, 6) is -0.553. The van der Waals surface area contributed by atoms with Crippen molar-refractivity contribution >= 4 is 16.0 Å². The van der Waals surface area contributed by atoms with Crippen LogP contribution in [0.5, 0.6) is 0 Å². The van der Waals surface area contributed by atoms with Crippen LogP contribution in [-0.4, -0.2) is 23.7 Å². The topological polar surface area (TPSA) is 83.5 Å². The van der Waals surface area contributed by atoms with Crippen LogP contribution in [0.1, 0.15) is 97.8 Å². The zero-order chi connectivity index (χ0) is 19.3. The van der Waals surface area contributed by atoms with Gasteiger partial charge in [-0.1, -0.05) is 77.7 Å². The van der Waals surface area contributed by atoms with Gasteiger partial charge in [-0.2, -0.15) is 8.42 Å². The molecule has 5 nitrogen and oxygen atoms in total. The highest BCUT2D eigenvalue weighted by Crippen LogP contribution is 2.22. The third kappa shape index (κ3) is 10.6. The van der Waals surface area contributed by atoms with E-state index in [1.807, 2.05) is 0 Å². The lowest BCUT2D eigenvalue weighted by Crippen LogP contribution is -2.52. The Labute approximate surface area is 154 Å². The molecule has 0 saturated heterocycles. The number of carbonyl (C=O) groups is 1. The van der Waals surface area contributed by atoms with E-state index in [1.54, 1.807) is 0 Å². The van der Waals surface area contributed by atoms with Crippen molar-refractivity contribution in [3.63, 3.8) is 0 Å². The van der Waals surface area contributed by atoms with Crippen molar-refractivity contribution in [2.24, 2.45) is 0 Å². The first-order valence-electron chi connectivity index (χ1n) is 9.59. The molecule has 1 atom stereocenters. The van der Waals surface area contributed by atoms with E-state index < -0.39 is 20.9 Å². The Bertz CT molecular complexity index is 502. The predicted octanol–water partition coefficient (Wildman–Crippen LogP) is 4.98. The fourth-order valence-corrected chi connectivity index (χ4v) is 3.35. The smallest absolute Gasteiger partial charge is 0.288 e. The van der Waals surface area contributed by atoms with Crippen LogP contribution < -0.4 is 5.32 Å². The van der Waals surface area contributed by atoms with Gasteiger partial charge in [0.2, 0.25) is 5.91 Å². The second-order valence-corrected chi connectivity index (χ2v) is 9.08. The van der Waals surface area contributed by atoms with E-state index in [2.05, 4.69) is 18.8 Å². The first-order valence-corrected chi connectivity index (χ1v) is 11.0. The summed E-state index contributed by atoms with van der Waals surface area (Å²) >= 11 is 0. The summed E-state index contributed by atoms with van der Waals surface area (Å²) in [5.41, 5.74) is 0.216. The molecule has 0 heterocycles. The summed E-state index contributed by atoms with van der Waals surface area (Å²) in [5, 5.41) is 2.39. The fourth-order valence-electron chi connectivity index (χ4n) is 2.73. The zero-order valence-corrected chi connectivity index (χ0v) is 17.1. The average molecular weight is 376 g/mol. The molecule has 148 valence electrons. The van der Waals surface area contributed by atoms with Crippen LogP contribution in [0.2, 0.25) is 0 Å². The Morgan fingerprint density at radius 1 is 0.960 bits per heavy atom. The van der Waals surface area contributed by atoms with Gasteiger partial charge < -0.3 is 5.32 Å². The molecule has 0 aliphatic heterocycles. The Morgan fingerprint density at radius 3 is 1.72 bits per heavy atom. The molecule has 0 aromatic rings. The van der Waals surface area contributed by atoms with Gasteiger partial charge in [0.25, 0.3) is 10.1 Å². The Kier molecular flexibility index (Phi) is 12.0. The zero-order valence-electron chi connectivity index (χ0n) is 16.3. The van der Waals surface area contributed by atoms with Crippen LogP contribution in [0, 0.1) is 0 Å². The van der Waals surface area contributed by atoms with E-state index in [0.29, 0.717) is 6.42 Å². The molecule has 0 spiro atoms. The lowest BCUT2D eigenvalue weighted by Gasteiger charge is -2.27. The lowest BCUT2D eigenvalue weighted by molar-refractivity contribution is -0.118. The molecule has 0 aromatic heterocycles. The standard InChI is InChI=1S/C19H37NO4S/c1-5-6-7-8-9-10-11-12-13-14-15-16-19(4,25(22,23)24)20-18(21)17(2)3/h2,5-16H2,1,3-4H3,(H,20,21)(H,22,23,24). The SMILES string of the molecule is C=C(C)C(=O)NC(C)(CCCCCCCCCCCCC)S(=O)(=O)O. The number of carbonyl (C=O) groups excluding carboxylic acids is 1. The molecule has 0 radical (unpaired) electrons. The highest BCUT2D eigenvalue weighted by Gasteiger charge is 2.38. The second kappa shape index (κ2) is 12.5. The molecule has 0 aromatic carbocycles. The number of unbranched alkanes of at least 4 members (excludes halogenated alkanes) is 10. The molecule has 0 saturated carbocycles. The van der Waals surface area contributed by atoms with Gasteiger partial charge >= 0.3 is 0 Å². The number of rotatable bonds is 15. The van der Waals surface area contributed by atoms with E-state index in [1.165, 1.54) is 58.8 Å². The van der Waals surface area contributed by atoms with E-state index in [0.717, 1.165) is 19.3 Å². The quantitative estimate of drug-likeness (QED) is 0.240. The maximum Gasteiger partial charge on any atom is 0.288 e. The summed E-state index contributed by atoms with van der Waals surface area (Å²) < 4.78 is 32.7. The molecule has 1 amide bonds. The van der Waals surface area contributed by atoms with Crippen LogP contribution in [0.4, 0.5) is 0 Å². The van der Waals surface area contributed by atoms with Crippen LogP contribution in [0.25, 0.3) is 0 Å². The fraction of sp³-hybridized carbons (Fsp3) is 0.842. The monoisotopic (exact) mass is 375 g/mol. The molecular formula is C19H37NO4S. The Hall–Kier alpha value is -0.880. The van der Waals surface area contributed by atoms with Gasteiger partial charge in [-0.05, 0) is 26.7 Å². The largest absolute Gasteiger partial charge is 0.332 e. The predicted molar refractivity (Wildman–Crippen MR) is 104 cm³/mol. The maximum absolute atomic E-state index is 11.7. The minimum atomic E-state index is -4.38. The summed E-state index contributed by atoms with van der Waals surface area (Å²) in [6.07, 6.45) is 13.0. The van der Waals surface area contributed by atoms with Gasteiger partial charge in [-0.3, -0.25) is 9.35 Å². The first-order chi connectivity index (χ1) is 11.6. The molecule has 0 rings (SSSR count). The molecule has 0 aliphatic carbocycles. The van der Waals surface area contributed by atoms with Crippen molar-refractivity contribution in [2.75, 3.05) is 0 Å². The molecule has 0 aliphatic rings. The van der Waals surface area contributed by atoms with Gasteiger partial charge in [-0.25, -0.2) is 0 Å². The Morgan fingerprint density at radius 2 is 1.36 bits per heavy atom. The van der Waals surface area contributed by atoms with Crippen LogP contribution in [-0.2, 0) is 14.9 Å². The van der Waals surface area contributed by atoms with Crippen LogP contribution >= 0.6 is 0 Å². The van der Waals surface area contributed by atoms with Crippen molar-refractivity contribution in [1.82, 2.24) is 5.32 Å². The number of hydrogen-bond donors (Lipinski definition) is 2. The summed E-state index contributed by atoms with van der Waals surface area (Å²) in [6, 6.07) is 0. The van der Waals surface area contributed by atoms with E-state index in [9.17, 15) is 17.8 Å². The number of amides is 1. The molecular weight excluding hydrogens is 338 g/mol. The second-order valence-electron chi connectivity index (χ2n) is 7.23.